The van der Waals surface area contributed by atoms with Crippen molar-refractivity contribution in [3.8, 4) is 0 Å². The molecule has 1 aliphatic heterocycles. The fraction of sp³-hybridized carbons (Fsp3) is 0.450. The molecule has 2 fully saturated rings. The van der Waals surface area contributed by atoms with Crippen LogP contribution in [-0.4, -0.2) is 44.3 Å². The number of aliphatic hydroxyl groups excluding tert-OH is 1. The first kappa shape index (κ1) is 15.8. The summed E-state index contributed by atoms with van der Waals surface area (Å²) in [6.45, 7) is 1.81. The van der Waals surface area contributed by atoms with Crippen molar-refractivity contribution in [1.29, 1.82) is 0 Å². The van der Waals surface area contributed by atoms with Gasteiger partial charge in [0.1, 0.15) is 6.33 Å². The molecule has 134 valence electrons. The molecule has 0 spiro atoms. The normalized spacial score (nSPS) is 23.5. The molecule has 0 radical (unpaired) electrons. The van der Waals surface area contributed by atoms with Crippen molar-refractivity contribution < 1.29 is 5.11 Å². The Labute approximate surface area is 152 Å². The number of rotatable bonds is 4. The summed E-state index contributed by atoms with van der Waals surface area (Å²) in [5.74, 6) is 0.892. The molecule has 0 bridgehead atoms. The number of imidazole rings is 1. The van der Waals surface area contributed by atoms with Gasteiger partial charge in [-0.05, 0) is 31.2 Å². The Morgan fingerprint density at radius 1 is 1.12 bits per heavy atom. The van der Waals surface area contributed by atoms with Gasteiger partial charge in [-0.2, -0.15) is 0 Å². The summed E-state index contributed by atoms with van der Waals surface area (Å²) in [5.41, 5.74) is 2.75. The molecule has 1 atom stereocenters. The van der Waals surface area contributed by atoms with Gasteiger partial charge in [0, 0.05) is 24.5 Å². The molecule has 2 aromatic heterocycles. The molecule has 1 aromatic carbocycles. The number of hydrogen-bond acceptors (Lipinski definition) is 5. The quantitative estimate of drug-likeness (QED) is 0.784. The van der Waals surface area contributed by atoms with Gasteiger partial charge in [-0.3, -0.25) is 0 Å². The van der Waals surface area contributed by atoms with Gasteiger partial charge in [0.05, 0.1) is 12.9 Å². The molecule has 5 rings (SSSR count). The van der Waals surface area contributed by atoms with E-state index < -0.39 is 0 Å². The van der Waals surface area contributed by atoms with Crippen molar-refractivity contribution in [2.45, 2.75) is 37.1 Å². The zero-order valence-corrected chi connectivity index (χ0v) is 14.8. The van der Waals surface area contributed by atoms with Gasteiger partial charge in [0.15, 0.2) is 17.0 Å². The standard InChI is InChI=1S/C20H23N5O/c26-12-20(15-5-2-1-3-6-15)9-4-10-24(11-20)18-17-19(22-13-21-18)25(14-23-17)16-7-8-16/h1-3,5-6,13-14,16,26H,4,7-12H2. The average molecular weight is 349 g/mol. The van der Waals surface area contributed by atoms with E-state index in [1.165, 1.54) is 18.4 Å². The van der Waals surface area contributed by atoms with Crippen molar-refractivity contribution in [1.82, 2.24) is 19.5 Å². The van der Waals surface area contributed by atoms with Crippen LogP contribution in [0.5, 0.6) is 0 Å². The molecule has 2 aliphatic rings. The second-order valence-corrected chi connectivity index (χ2v) is 7.58. The van der Waals surface area contributed by atoms with Crippen LogP contribution in [0.4, 0.5) is 5.82 Å². The van der Waals surface area contributed by atoms with Crippen LogP contribution in [0.3, 0.4) is 0 Å². The lowest BCUT2D eigenvalue weighted by molar-refractivity contribution is 0.172. The van der Waals surface area contributed by atoms with Gasteiger partial charge >= 0.3 is 0 Å². The third-order valence-electron chi connectivity index (χ3n) is 5.84. The van der Waals surface area contributed by atoms with Gasteiger partial charge < -0.3 is 14.6 Å². The number of nitrogens with zero attached hydrogens (tertiary/aromatic N) is 5. The Morgan fingerprint density at radius 2 is 1.96 bits per heavy atom. The van der Waals surface area contributed by atoms with Gasteiger partial charge in [-0.1, -0.05) is 30.3 Å². The minimum Gasteiger partial charge on any atom is -0.395 e. The number of anilines is 1. The van der Waals surface area contributed by atoms with Crippen LogP contribution in [0.1, 0.15) is 37.3 Å². The van der Waals surface area contributed by atoms with E-state index in [1.807, 2.05) is 24.5 Å². The van der Waals surface area contributed by atoms with Crippen molar-refractivity contribution >= 4 is 17.0 Å². The highest BCUT2D eigenvalue weighted by Crippen LogP contribution is 2.39. The van der Waals surface area contributed by atoms with Crippen LogP contribution in [-0.2, 0) is 5.41 Å². The number of aliphatic hydroxyl groups is 1. The third-order valence-corrected chi connectivity index (χ3v) is 5.84. The molecule has 1 N–H and O–H groups in total. The smallest absolute Gasteiger partial charge is 0.165 e. The largest absolute Gasteiger partial charge is 0.395 e. The van der Waals surface area contributed by atoms with E-state index in [0.717, 1.165) is 42.9 Å². The minimum atomic E-state index is -0.254. The zero-order chi connectivity index (χ0) is 17.6. The lowest BCUT2D eigenvalue weighted by atomic mass is 9.75. The number of hydrogen-bond donors (Lipinski definition) is 1. The maximum atomic E-state index is 10.3. The summed E-state index contributed by atoms with van der Waals surface area (Å²) in [6.07, 6.45) is 7.96. The molecule has 3 heterocycles. The summed E-state index contributed by atoms with van der Waals surface area (Å²) in [7, 11) is 0. The molecule has 1 aliphatic carbocycles. The summed E-state index contributed by atoms with van der Waals surface area (Å²) in [5, 5.41) is 10.3. The first-order valence-electron chi connectivity index (χ1n) is 9.40. The molecule has 1 unspecified atom stereocenters. The van der Waals surface area contributed by atoms with Crippen LogP contribution in [0, 0.1) is 0 Å². The molecule has 26 heavy (non-hydrogen) atoms. The molecule has 3 aromatic rings. The van der Waals surface area contributed by atoms with Gasteiger partial charge in [0.2, 0.25) is 0 Å². The number of benzene rings is 1. The molecular weight excluding hydrogens is 326 g/mol. The van der Waals surface area contributed by atoms with E-state index >= 15 is 0 Å². The highest BCUT2D eigenvalue weighted by atomic mass is 16.3. The molecule has 6 nitrogen and oxygen atoms in total. The van der Waals surface area contributed by atoms with Crippen LogP contribution >= 0.6 is 0 Å². The maximum absolute atomic E-state index is 10.3. The Hall–Kier alpha value is -2.47. The molecule has 6 heteroatoms. The summed E-state index contributed by atoms with van der Waals surface area (Å²) in [6, 6.07) is 10.9. The first-order valence-corrected chi connectivity index (χ1v) is 9.40. The third kappa shape index (κ3) is 2.48. The summed E-state index contributed by atoms with van der Waals surface area (Å²) in [4.78, 5) is 16.0. The number of piperidine rings is 1. The molecule has 0 amide bonds. The van der Waals surface area contributed by atoms with Crippen molar-refractivity contribution in [3.63, 3.8) is 0 Å². The predicted molar refractivity (Wildman–Crippen MR) is 100 cm³/mol. The topological polar surface area (TPSA) is 67.1 Å². The fourth-order valence-corrected chi connectivity index (χ4v) is 4.25. The Bertz CT molecular complexity index is 920. The van der Waals surface area contributed by atoms with Gasteiger partial charge in [0.25, 0.3) is 0 Å². The van der Waals surface area contributed by atoms with E-state index in [0.29, 0.717) is 6.04 Å². The summed E-state index contributed by atoms with van der Waals surface area (Å²) >= 11 is 0. The molecule has 1 saturated carbocycles. The SMILES string of the molecule is OCC1(c2ccccc2)CCCN(c2ncnc3c2ncn3C2CC2)C1. The average Bonchev–Trinajstić information content (AvgIpc) is 3.47. The zero-order valence-electron chi connectivity index (χ0n) is 14.8. The van der Waals surface area contributed by atoms with E-state index in [-0.39, 0.29) is 12.0 Å². The monoisotopic (exact) mass is 349 g/mol. The Balaban J connectivity index is 1.53. The highest BCUT2D eigenvalue weighted by Gasteiger charge is 2.38. The van der Waals surface area contributed by atoms with E-state index in [2.05, 4.69) is 36.6 Å². The first-order chi connectivity index (χ1) is 12.8. The minimum absolute atomic E-state index is 0.137. The summed E-state index contributed by atoms with van der Waals surface area (Å²) < 4.78 is 2.18. The maximum Gasteiger partial charge on any atom is 0.165 e. The van der Waals surface area contributed by atoms with Crippen molar-refractivity contribution in [2.75, 3.05) is 24.6 Å². The van der Waals surface area contributed by atoms with E-state index in [9.17, 15) is 5.11 Å². The van der Waals surface area contributed by atoms with Crippen LogP contribution < -0.4 is 4.90 Å². The van der Waals surface area contributed by atoms with E-state index in [4.69, 9.17) is 0 Å². The lowest BCUT2D eigenvalue weighted by Gasteiger charge is -2.42. The van der Waals surface area contributed by atoms with E-state index in [1.54, 1.807) is 6.33 Å². The number of fused-ring (bicyclic) bond motifs is 1. The second kappa shape index (κ2) is 6.06. The predicted octanol–water partition coefficient (Wildman–Crippen LogP) is 2.69. The lowest BCUT2D eigenvalue weighted by Crippen LogP contribution is -2.48. The number of aromatic nitrogens is 4. The van der Waals surface area contributed by atoms with Crippen molar-refractivity contribution in [3.05, 3.63) is 48.5 Å². The van der Waals surface area contributed by atoms with Gasteiger partial charge in [-0.15, -0.1) is 0 Å². The Kier molecular flexibility index (Phi) is 3.67. The highest BCUT2D eigenvalue weighted by molar-refractivity contribution is 5.83. The van der Waals surface area contributed by atoms with Crippen LogP contribution in [0.15, 0.2) is 43.0 Å². The van der Waals surface area contributed by atoms with Crippen molar-refractivity contribution in [2.24, 2.45) is 0 Å². The fourth-order valence-electron chi connectivity index (χ4n) is 4.25. The van der Waals surface area contributed by atoms with Gasteiger partial charge in [-0.25, -0.2) is 15.0 Å². The van der Waals surface area contributed by atoms with Crippen LogP contribution in [0.2, 0.25) is 0 Å². The molecule has 1 saturated heterocycles. The second-order valence-electron chi connectivity index (χ2n) is 7.58. The molecular formula is C20H23N5O. The van der Waals surface area contributed by atoms with Crippen LogP contribution in [0.25, 0.3) is 11.2 Å². The Morgan fingerprint density at radius 3 is 2.73 bits per heavy atom.